The van der Waals surface area contributed by atoms with E-state index in [1.807, 2.05) is 0 Å². The Morgan fingerprint density at radius 1 is 1.17 bits per heavy atom. The number of hydrogen-bond acceptors (Lipinski definition) is 3. The average Bonchev–Trinajstić information content (AvgIpc) is 2.42. The number of hydrogen-bond donors (Lipinski definition) is 1. The number of rotatable bonds is 2. The zero-order chi connectivity index (χ0) is 12.7. The Morgan fingerprint density at radius 2 is 1.89 bits per heavy atom. The summed E-state index contributed by atoms with van der Waals surface area (Å²) >= 11 is 0. The van der Waals surface area contributed by atoms with E-state index >= 15 is 0 Å². The molecule has 3 saturated heterocycles. The van der Waals surface area contributed by atoms with Crippen LogP contribution in [-0.4, -0.2) is 53.7 Å². The first-order valence-corrected chi connectivity index (χ1v) is 6.87. The molecule has 3 nitrogen and oxygen atoms in total. The number of nitrogens with zero attached hydrogens (tertiary/aromatic N) is 2. The van der Waals surface area contributed by atoms with E-state index in [4.69, 9.17) is 0 Å². The van der Waals surface area contributed by atoms with Gasteiger partial charge in [0.25, 0.3) is 0 Å². The van der Waals surface area contributed by atoms with Gasteiger partial charge in [0.05, 0.1) is 12.1 Å². The molecule has 3 heteroatoms. The van der Waals surface area contributed by atoms with Gasteiger partial charge in [-0.05, 0) is 25.0 Å². The van der Waals surface area contributed by atoms with Crippen molar-refractivity contribution in [2.24, 2.45) is 0 Å². The number of aliphatic hydroxyl groups is 1. The summed E-state index contributed by atoms with van der Waals surface area (Å²) in [5, 5.41) is 10.7. The Morgan fingerprint density at radius 3 is 2.50 bits per heavy atom. The van der Waals surface area contributed by atoms with E-state index in [0.717, 1.165) is 38.3 Å². The zero-order valence-corrected chi connectivity index (χ0v) is 11.3. The highest BCUT2D eigenvalue weighted by molar-refractivity contribution is 5.33. The first-order chi connectivity index (χ1) is 8.65. The lowest BCUT2D eigenvalue weighted by Crippen LogP contribution is -2.62. The van der Waals surface area contributed by atoms with Gasteiger partial charge >= 0.3 is 0 Å². The Kier molecular flexibility index (Phi) is 3.14. The van der Waals surface area contributed by atoms with Crippen LogP contribution in [0.25, 0.3) is 0 Å². The van der Waals surface area contributed by atoms with Crippen LogP contribution in [0.1, 0.15) is 22.8 Å². The number of piperazine rings is 3. The maximum atomic E-state index is 10.7. The van der Waals surface area contributed by atoms with Gasteiger partial charge in [-0.3, -0.25) is 9.80 Å². The van der Waals surface area contributed by atoms with Crippen LogP contribution in [0.5, 0.6) is 0 Å². The van der Waals surface area contributed by atoms with Gasteiger partial charge in [-0.25, -0.2) is 0 Å². The van der Waals surface area contributed by atoms with Crippen LogP contribution in [-0.2, 0) is 0 Å². The summed E-state index contributed by atoms with van der Waals surface area (Å²) in [6.45, 7) is 9.72. The molecule has 0 amide bonds. The van der Waals surface area contributed by atoms with Crippen molar-refractivity contribution in [1.29, 1.82) is 0 Å². The third kappa shape index (κ3) is 2.07. The molecule has 1 N–H and O–H groups in total. The monoisotopic (exact) mass is 246 g/mol. The van der Waals surface area contributed by atoms with Crippen LogP contribution in [0.2, 0.25) is 0 Å². The number of aryl methyl sites for hydroxylation is 2. The summed E-state index contributed by atoms with van der Waals surface area (Å²) in [4.78, 5) is 4.92. The van der Waals surface area contributed by atoms with Crippen molar-refractivity contribution >= 4 is 0 Å². The lowest BCUT2D eigenvalue weighted by atomic mass is 9.92. The largest absolute Gasteiger partial charge is 0.387 e. The maximum absolute atomic E-state index is 10.7. The van der Waals surface area contributed by atoms with Gasteiger partial charge in [-0.1, -0.05) is 23.8 Å². The molecule has 0 aromatic heterocycles. The molecule has 0 saturated carbocycles. The molecule has 4 rings (SSSR count). The summed E-state index contributed by atoms with van der Waals surface area (Å²) in [6, 6.07) is 6.64. The van der Waals surface area contributed by atoms with Gasteiger partial charge in [0.1, 0.15) is 0 Å². The minimum atomic E-state index is -0.354. The van der Waals surface area contributed by atoms with Crippen LogP contribution in [0.3, 0.4) is 0 Å². The van der Waals surface area contributed by atoms with Crippen molar-refractivity contribution in [3.63, 3.8) is 0 Å². The van der Waals surface area contributed by atoms with E-state index in [-0.39, 0.29) is 12.1 Å². The first-order valence-electron chi connectivity index (χ1n) is 6.87. The van der Waals surface area contributed by atoms with Gasteiger partial charge in [-0.15, -0.1) is 0 Å². The molecule has 1 aromatic carbocycles. The topological polar surface area (TPSA) is 26.7 Å². The number of benzene rings is 1. The second-order valence-corrected chi connectivity index (χ2v) is 5.71. The van der Waals surface area contributed by atoms with E-state index in [1.165, 1.54) is 11.1 Å². The number of fused-ring (bicyclic) bond motifs is 3. The van der Waals surface area contributed by atoms with Crippen LogP contribution in [0.4, 0.5) is 0 Å². The van der Waals surface area contributed by atoms with Crippen molar-refractivity contribution in [2.45, 2.75) is 26.0 Å². The summed E-state index contributed by atoms with van der Waals surface area (Å²) in [6.07, 6.45) is -0.354. The summed E-state index contributed by atoms with van der Waals surface area (Å²) in [5.41, 5.74) is 3.53. The molecular formula is C15H22N2O. The van der Waals surface area contributed by atoms with Crippen molar-refractivity contribution in [3.05, 3.63) is 34.9 Å². The second kappa shape index (κ2) is 4.65. The van der Waals surface area contributed by atoms with Crippen LogP contribution in [0, 0.1) is 13.8 Å². The molecule has 98 valence electrons. The van der Waals surface area contributed by atoms with Crippen LogP contribution < -0.4 is 0 Å². The lowest BCUT2D eigenvalue weighted by molar-refractivity contribution is -0.0472. The Labute approximate surface area is 109 Å². The molecule has 2 atom stereocenters. The standard InChI is InChI=1S/C15H22N2O/c1-11-3-4-12(2)13(9-11)15(18)14-10-16-5-7-17(14)8-6-16/h3-4,9,14-15,18H,5-8,10H2,1-2H3. The van der Waals surface area contributed by atoms with E-state index in [9.17, 15) is 5.11 Å². The predicted octanol–water partition coefficient (Wildman–Crippen LogP) is 1.34. The molecule has 1 aromatic rings. The average molecular weight is 246 g/mol. The van der Waals surface area contributed by atoms with E-state index < -0.39 is 0 Å². The van der Waals surface area contributed by atoms with E-state index in [2.05, 4.69) is 41.8 Å². The minimum absolute atomic E-state index is 0.271. The summed E-state index contributed by atoms with van der Waals surface area (Å²) in [5.74, 6) is 0. The van der Waals surface area contributed by atoms with E-state index in [0.29, 0.717) is 0 Å². The normalized spacial score (nSPS) is 32.5. The van der Waals surface area contributed by atoms with E-state index in [1.54, 1.807) is 0 Å². The number of aliphatic hydroxyl groups excluding tert-OH is 1. The fraction of sp³-hybridized carbons (Fsp3) is 0.600. The highest BCUT2D eigenvalue weighted by atomic mass is 16.3. The Balaban J connectivity index is 1.85. The third-order valence-electron chi connectivity index (χ3n) is 4.44. The third-order valence-corrected chi connectivity index (χ3v) is 4.44. The lowest BCUT2D eigenvalue weighted by Gasteiger charge is -2.49. The van der Waals surface area contributed by atoms with Crippen LogP contribution in [0.15, 0.2) is 18.2 Å². The molecular weight excluding hydrogens is 224 g/mol. The molecule has 0 radical (unpaired) electrons. The summed E-state index contributed by atoms with van der Waals surface area (Å²) < 4.78 is 0. The van der Waals surface area contributed by atoms with Gasteiger partial charge in [-0.2, -0.15) is 0 Å². The van der Waals surface area contributed by atoms with Gasteiger partial charge in [0.15, 0.2) is 0 Å². The molecule has 18 heavy (non-hydrogen) atoms. The Hall–Kier alpha value is -0.900. The predicted molar refractivity (Wildman–Crippen MR) is 72.7 cm³/mol. The van der Waals surface area contributed by atoms with Crippen molar-refractivity contribution < 1.29 is 5.11 Å². The highest BCUT2D eigenvalue weighted by Gasteiger charge is 2.36. The molecule has 3 heterocycles. The first kappa shape index (κ1) is 12.2. The fourth-order valence-electron chi connectivity index (χ4n) is 3.24. The quantitative estimate of drug-likeness (QED) is 0.853. The SMILES string of the molecule is Cc1ccc(C)c(C(O)C2CN3CCN2CC3)c1. The zero-order valence-electron chi connectivity index (χ0n) is 11.3. The second-order valence-electron chi connectivity index (χ2n) is 5.71. The fourth-order valence-corrected chi connectivity index (χ4v) is 3.24. The Bertz CT molecular complexity index is 438. The molecule has 2 bridgehead atoms. The molecule has 0 aliphatic carbocycles. The van der Waals surface area contributed by atoms with Gasteiger partial charge < -0.3 is 5.11 Å². The highest BCUT2D eigenvalue weighted by Crippen LogP contribution is 2.29. The van der Waals surface area contributed by atoms with Gasteiger partial charge in [0, 0.05) is 32.7 Å². The maximum Gasteiger partial charge on any atom is 0.0960 e. The van der Waals surface area contributed by atoms with Crippen molar-refractivity contribution in [1.82, 2.24) is 9.80 Å². The van der Waals surface area contributed by atoms with Crippen molar-refractivity contribution in [3.8, 4) is 0 Å². The molecule has 3 fully saturated rings. The summed E-state index contributed by atoms with van der Waals surface area (Å²) in [7, 11) is 0. The van der Waals surface area contributed by atoms with Crippen molar-refractivity contribution in [2.75, 3.05) is 32.7 Å². The smallest absolute Gasteiger partial charge is 0.0960 e. The van der Waals surface area contributed by atoms with Crippen LogP contribution >= 0.6 is 0 Å². The molecule has 3 aliphatic heterocycles. The molecule has 2 unspecified atom stereocenters. The minimum Gasteiger partial charge on any atom is -0.387 e. The molecule has 0 spiro atoms. The molecule has 3 aliphatic rings. The van der Waals surface area contributed by atoms with Gasteiger partial charge in [0.2, 0.25) is 0 Å².